The molecule has 0 aliphatic heterocycles. The van der Waals surface area contributed by atoms with Gasteiger partial charge in [-0.05, 0) is 74.7 Å². The zero-order valence-corrected chi connectivity index (χ0v) is 16.7. The fourth-order valence-electron chi connectivity index (χ4n) is 6.71. The van der Waals surface area contributed by atoms with Gasteiger partial charge in [-0.3, -0.25) is 4.79 Å². The molecule has 2 nitrogen and oxygen atoms in total. The second-order valence-corrected chi connectivity index (χ2v) is 9.70. The molecular formula is C24H35NO. The van der Waals surface area contributed by atoms with Crippen LogP contribution in [0.1, 0.15) is 82.3 Å². The fraction of sp³-hybridized carbons (Fsp3) is 0.708. The molecular weight excluding hydrogens is 318 g/mol. The molecule has 26 heavy (non-hydrogen) atoms. The van der Waals surface area contributed by atoms with Crippen LogP contribution in [-0.2, 0) is 10.2 Å². The second-order valence-electron chi connectivity index (χ2n) is 9.70. The quantitative estimate of drug-likeness (QED) is 0.642. The zero-order valence-electron chi connectivity index (χ0n) is 16.7. The summed E-state index contributed by atoms with van der Waals surface area (Å²) in [5, 5.41) is 3.34. The van der Waals surface area contributed by atoms with Crippen LogP contribution in [0, 0.1) is 24.2 Å². The standard InChI is InChI=1S/C24H35NO/c1-3-4-5-6-11-25-22(26)24-15-19-12-20(16-24)14-23(13-19,17-24)21-9-7-18(2)8-10-21/h7-10,19-20H,3-6,11-17H2,1-2H3,(H,25,26). The summed E-state index contributed by atoms with van der Waals surface area (Å²) in [6.07, 6.45) is 12.2. The van der Waals surface area contributed by atoms with Gasteiger partial charge in [0.1, 0.15) is 0 Å². The number of benzene rings is 1. The minimum Gasteiger partial charge on any atom is -0.356 e. The molecule has 4 aliphatic rings. The molecule has 0 heterocycles. The molecule has 4 fully saturated rings. The van der Waals surface area contributed by atoms with Crippen LogP contribution in [0.2, 0.25) is 0 Å². The van der Waals surface area contributed by atoms with Gasteiger partial charge in [0.05, 0.1) is 5.41 Å². The maximum Gasteiger partial charge on any atom is 0.226 e. The predicted octanol–water partition coefficient (Wildman–Crippen LogP) is 5.53. The molecule has 4 saturated carbocycles. The van der Waals surface area contributed by atoms with Crippen LogP contribution in [0.3, 0.4) is 0 Å². The van der Waals surface area contributed by atoms with Crippen molar-refractivity contribution in [3.63, 3.8) is 0 Å². The molecule has 4 bridgehead atoms. The van der Waals surface area contributed by atoms with Crippen molar-refractivity contribution >= 4 is 5.91 Å². The van der Waals surface area contributed by atoms with Gasteiger partial charge < -0.3 is 5.32 Å². The Morgan fingerprint density at radius 2 is 1.73 bits per heavy atom. The van der Waals surface area contributed by atoms with Gasteiger partial charge >= 0.3 is 0 Å². The maximum absolute atomic E-state index is 13.2. The first-order valence-corrected chi connectivity index (χ1v) is 10.9. The summed E-state index contributed by atoms with van der Waals surface area (Å²) >= 11 is 0. The minimum absolute atomic E-state index is 0.0836. The summed E-state index contributed by atoms with van der Waals surface area (Å²) in [7, 11) is 0. The first kappa shape index (κ1) is 18.1. The predicted molar refractivity (Wildman–Crippen MR) is 107 cm³/mol. The van der Waals surface area contributed by atoms with Gasteiger partial charge in [0.2, 0.25) is 5.91 Å². The molecule has 0 radical (unpaired) electrons. The monoisotopic (exact) mass is 353 g/mol. The average molecular weight is 354 g/mol. The Balaban J connectivity index is 1.51. The maximum atomic E-state index is 13.2. The van der Waals surface area contributed by atoms with Crippen LogP contribution in [0.5, 0.6) is 0 Å². The van der Waals surface area contributed by atoms with Crippen molar-refractivity contribution in [3.8, 4) is 0 Å². The highest BCUT2D eigenvalue weighted by molar-refractivity contribution is 5.83. The van der Waals surface area contributed by atoms with E-state index < -0.39 is 0 Å². The summed E-state index contributed by atoms with van der Waals surface area (Å²) in [5.74, 6) is 1.88. The third-order valence-electron chi connectivity index (χ3n) is 7.52. The second kappa shape index (κ2) is 7.02. The lowest BCUT2D eigenvalue weighted by Crippen LogP contribution is -2.59. The smallest absolute Gasteiger partial charge is 0.226 e. The van der Waals surface area contributed by atoms with Gasteiger partial charge in [0.15, 0.2) is 0 Å². The van der Waals surface area contributed by atoms with Crippen molar-refractivity contribution in [3.05, 3.63) is 35.4 Å². The Bertz CT molecular complexity index is 633. The summed E-state index contributed by atoms with van der Waals surface area (Å²) < 4.78 is 0. The molecule has 4 aliphatic carbocycles. The molecule has 2 atom stereocenters. The molecule has 1 aromatic carbocycles. The SMILES string of the molecule is CCCCCCNC(=O)C12CC3CC(C1)CC(c1ccc(C)cc1)(C3)C2. The van der Waals surface area contributed by atoms with Gasteiger partial charge in [-0.2, -0.15) is 0 Å². The van der Waals surface area contributed by atoms with Crippen LogP contribution in [0.25, 0.3) is 0 Å². The Labute approximate surface area is 159 Å². The van der Waals surface area contributed by atoms with Crippen LogP contribution in [0.4, 0.5) is 0 Å². The molecule has 5 rings (SSSR count). The topological polar surface area (TPSA) is 29.1 Å². The highest BCUT2D eigenvalue weighted by Crippen LogP contribution is 2.65. The van der Waals surface area contributed by atoms with E-state index in [-0.39, 0.29) is 10.8 Å². The molecule has 0 aromatic heterocycles. The van der Waals surface area contributed by atoms with E-state index in [1.54, 1.807) is 0 Å². The number of aryl methyl sites for hydroxylation is 1. The van der Waals surface area contributed by atoms with Gasteiger partial charge in [0.25, 0.3) is 0 Å². The molecule has 0 saturated heterocycles. The lowest BCUT2D eigenvalue weighted by atomic mass is 9.42. The van der Waals surface area contributed by atoms with Crippen LogP contribution >= 0.6 is 0 Å². The van der Waals surface area contributed by atoms with Gasteiger partial charge in [-0.25, -0.2) is 0 Å². The van der Waals surface area contributed by atoms with E-state index in [0.29, 0.717) is 5.91 Å². The van der Waals surface area contributed by atoms with Crippen LogP contribution < -0.4 is 5.32 Å². The Morgan fingerprint density at radius 1 is 1.04 bits per heavy atom. The van der Waals surface area contributed by atoms with Crippen molar-refractivity contribution in [1.82, 2.24) is 5.32 Å². The summed E-state index contributed by atoms with van der Waals surface area (Å²) in [6.45, 7) is 5.27. The third-order valence-corrected chi connectivity index (χ3v) is 7.52. The van der Waals surface area contributed by atoms with Crippen molar-refractivity contribution < 1.29 is 4.79 Å². The molecule has 2 heteroatoms. The van der Waals surface area contributed by atoms with Crippen molar-refractivity contribution in [2.24, 2.45) is 17.3 Å². The third kappa shape index (κ3) is 3.21. The van der Waals surface area contributed by atoms with Crippen molar-refractivity contribution in [2.75, 3.05) is 6.54 Å². The first-order chi connectivity index (χ1) is 12.6. The Hall–Kier alpha value is -1.31. The van der Waals surface area contributed by atoms with Gasteiger partial charge in [0, 0.05) is 6.54 Å². The number of rotatable bonds is 7. The Kier molecular flexibility index (Phi) is 4.88. The molecule has 1 N–H and O–H groups in total. The zero-order chi connectivity index (χ0) is 18.2. The summed E-state index contributed by atoms with van der Waals surface area (Å²) in [6, 6.07) is 9.21. The minimum atomic E-state index is -0.0836. The van der Waals surface area contributed by atoms with E-state index in [1.165, 1.54) is 49.7 Å². The fourth-order valence-corrected chi connectivity index (χ4v) is 6.71. The average Bonchev–Trinajstić information content (AvgIpc) is 2.60. The van der Waals surface area contributed by atoms with E-state index in [9.17, 15) is 4.79 Å². The molecule has 0 spiro atoms. The highest BCUT2D eigenvalue weighted by Gasteiger charge is 2.60. The normalized spacial score (nSPS) is 34.8. The lowest BCUT2D eigenvalue weighted by molar-refractivity contribution is -0.149. The van der Waals surface area contributed by atoms with Crippen molar-refractivity contribution in [2.45, 2.75) is 83.5 Å². The van der Waals surface area contributed by atoms with Gasteiger partial charge in [-0.1, -0.05) is 56.0 Å². The number of hydrogen-bond acceptors (Lipinski definition) is 1. The number of unbranched alkanes of at least 4 members (excludes halogenated alkanes) is 3. The van der Waals surface area contributed by atoms with E-state index in [2.05, 4.69) is 43.4 Å². The lowest BCUT2D eigenvalue weighted by Gasteiger charge is -2.61. The number of amides is 1. The van der Waals surface area contributed by atoms with E-state index in [4.69, 9.17) is 0 Å². The van der Waals surface area contributed by atoms with E-state index >= 15 is 0 Å². The van der Waals surface area contributed by atoms with Gasteiger partial charge in [-0.15, -0.1) is 0 Å². The number of carbonyl (C=O) groups excluding carboxylic acids is 1. The largest absolute Gasteiger partial charge is 0.356 e. The van der Waals surface area contributed by atoms with Crippen LogP contribution in [0.15, 0.2) is 24.3 Å². The van der Waals surface area contributed by atoms with Crippen molar-refractivity contribution in [1.29, 1.82) is 0 Å². The number of hydrogen-bond donors (Lipinski definition) is 1. The molecule has 2 unspecified atom stereocenters. The van der Waals surface area contributed by atoms with Crippen LogP contribution in [-0.4, -0.2) is 12.5 Å². The summed E-state index contributed by atoms with van der Waals surface area (Å²) in [4.78, 5) is 13.2. The first-order valence-electron chi connectivity index (χ1n) is 10.9. The number of carbonyl (C=O) groups is 1. The molecule has 1 amide bonds. The van der Waals surface area contributed by atoms with E-state index in [1.807, 2.05) is 0 Å². The molecule has 1 aromatic rings. The van der Waals surface area contributed by atoms with E-state index in [0.717, 1.165) is 44.1 Å². The highest BCUT2D eigenvalue weighted by atomic mass is 16.2. The molecule has 142 valence electrons. The Morgan fingerprint density at radius 3 is 2.38 bits per heavy atom. The summed E-state index contributed by atoms with van der Waals surface area (Å²) in [5.41, 5.74) is 3.01. The number of nitrogens with one attached hydrogen (secondary N) is 1.